The van der Waals surface area contributed by atoms with Crippen LogP contribution in [0, 0.1) is 0 Å². The van der Waals surface area contributed by atoms with Crippen LogP contribution < -0.4 is 15.5 Å². The smallest absolute Gasteiger partial charge is 0.344 e. The lowest BCUT2D eigenvalue weighted by Gasteiger charge is -2.10. The third-order valence-corrected chi connectivity index (χ3v) is 3.48. The fraction of sp³-hybridized carbons (Fsp3) is 0.357. The van der Waals surface area contributed by atoms with Crippen molar-refractivity contribution in [1.82, 2.24) is 10.7 Å². The molecule has 9 heteroatoms. The highest BCUT2D eigenvalue weighted by Gasteiger charge is 2.11. The van der Waals surface area contributed by atoms with E-state index in [4.69, 9.17) is 33.3 Å². The summed E-state index contributed by atoms with van der Waals surface area (Å²) < 4.78 is 10.8. The first kappa shape index (κ1) is 19.7. The maximum absolute atomic E-state index is 11.3. The van der Waals surface area contributed by atoms with Gasteiger partial charge in [0.05, 0.1) is 22.3 Å². The highest BCUT2D eigenvalue weighted by molar-refractivity contribution is 9.10. The van der Waals surface area contributed by atoms with Gasteiger partial charge in [-0.2, -0.15) is 5.10 Å². The maximum Gasteiger partial charge on any atom is 0.344 e. The second-order valence-corrected chi connectivity index (χ2v) is 5.81. The van der Waals surface area contributed by atoms with Crippen LogP contribution in [0.15, 0.2) is 21.7 Å². The normalized spacial score (nSPS) is 10.4. The van der Waals surface area contributed by atoms with E-state index in [0.29, 0.717) is 33.5 Å². The number of hydrogen-bond acceptors (Lipinski definition) is 5. The summed E-state index contributed by atoms with van der Waals surface area (Å²) in [5, 5.41) is 7.69. The number of rotatable bonds is 7. The summed E-state index contributed by atoms with van der Waals surface area (Å²) >= 11 is 14.5. The summed E-state index contributed by atoms with van der Waals surface area (Å²) in [5.74, 6) is -0.0877. The third kappa shape index (κ3) is 7.15. The first-order valence-electron chi connectivity index (χ1n) is 6.82. The molecule has 0 radical (unpaired) electrons. The first-order chi connectivity index (χ1) is 11.0. The van der Waals surface area contributed by atoms with Crippen LogP contribution in [0.5, 0.6) is 5.75 Å². The second-order valence-electron chi connectivity index (χ2n) is 4.14. The molecule has 0 saturated heterocycles. The molecule has 0 saturated carbocycles. The van der Waals surface area contributed by atoms with Crippen LogP contribution in [0.4, 0.5) is 0 Å². The Morgan fingerprint density at radius 3 is 2.83 bits per heavy atom. The molecule has 2 N–H and O–H groups in total. The van der Waals surface area contributed by atoms with E-state index >= 15 is 0 Å². The molecule has 0 aliphatic heterocycles. The Kier molecular flexibility index (Phi) is 8.90. The van der Waals surface area contributed by atoms with Crippen molar-refractivity contribution in [1.29, 1.82) is 0 Å². The monoisotopic (exact) mass is 421 g/mol. The van der Waals surface area contributed by atoms with Crippen LogP contribution in [0.25, 0.3) is 0 Å². The molecule has 0 amide bonds. The van der Waals surface area contributed by atoms with Gasteiger partial charge in [-0.3, -0.25) is 5.43 Å². The second kappa shape index (κ2) is 10.4. The molecule has 23 heavy (non-hydrogen) atoms. The fourth-order valence-electron chi connectivity index (χ4n) is 1.49. The number of ether oxygens (including phenoxy) is 2. The molecule has 1 rings (SSSR count). The summed E-state index contributed by atoms with van der Waals surface area (Å²) in [7, 11) is 0. The van der Waals surface area contributed by atoms with E-state index in [1.165, 1.54) is 0 Å². The number of hydrogen-bond donors (Lipinski definition) is 2. The molecular formula is C14H17BrClN3O3S. The van der Waals surface area contributed by atoms with Gasteiger partial charge in [0.15, 0.2) is 17.5 Å². The number of hydrazone groups is 1. The number of carbonyl (C=O) groups excluding carboxylic acids is 1. The Hall–Kier alpha value is -1.38. The average molecular weight is 423 g/mol. The lowest BCUT2D eigenvalue weighted by Crippen LogP contribution is -2.31. The molecule has 1 aromatic rings. The number of nitrogens with one attached hydrogen (secondary N) is 2. The zero-order chi connectivity index (χ0) is 17.2. The van der Waals surface area contributed by atoms with Crippen molar-refractivity contribution in [3.8, 4) is 5.75 Å². The quantitative estimate of drug-likeness (QED) is 0.305. The summed E-state index contributed by atoms with van der Waals surface area (Å²) in [4.78, 5) is 11.3. The minimum Gasteiger partial charge on any atom is -0.479 e. The van der Waals surface area contributed by atoms with E-state index in [2.05, 4.69) is 31.8 Å². The summed E-state index contributed by atoms with van der Waals surface area (Å²) in [5.41, 5.74) is 3.41. The lowest BCUT2D eigenvalue weighted by atomic mass is 10.2. The first-order valence-corrected chi connectivity index (χ1v) is 8.40. The number of thiocarbonyl (C=S) groups is 1. The molecule has 1 aromatic carbocycles. The van der Waals surface area contributed by atoms with E-state index in [9.17, 15) is 4.79 Å². The third-order valence-electron chi connectivity index (χ3n) is 2.38. The lowest BCUT2D eigenvalue weighted by molar-refractivity contribution is -0.145. The van der Waals surface area contributed by atoms with Crippen molar-refractivity contribution < 1.29 is 14.3 Å². The summed E-state index contributed by atoms with van der Waals surface area (Å²) in [6.07, 6.45) is 1.56. The van der Waals surface area contributed by atoms with Gasteiger partial charge in [-0.1, -0.05) is 11.6 Å². The molecule has 0 aliphatic rings. The predicted octanol–water partition coefficient (Wildman–Crippen LogP) is 2.86. The molecule has 126 valence electrons. The SMILES string of the molecule is CCNC(=S)N/N=C\c1cc(Cl)c(OCC(=O)OCC)c(Br)c1. The molecular weight excluding hydrogens is 406 g/mol. The van der Waals surface area contributed by atoms with Crippen LogP contribution in [0.3, 0.4) is 0 Å². The molecule has 0 fully saturated rings. The van der Waals surface area contributed by atoms with Crippen molar-refractivity contribution >= 4 is 57.0 Å². The Bertz CT molecular complexity index is 576. The number of nitrogens with zero attached hydrogens (tertiary/aromatic N) is 1. The number of halogens is 2. The van der Waals surface area contributed by atoms with Crippen molar-refractivity contribution in [3.05, 3.63) is 27.2 Å². The van der Waals surface area contributed by atoms with Gasteiger partial charge >= 0.3 is 5.97 Å². The maximum atomic E-state index is 11.3. The van der Waals surface area contributed by atoms with Crippen LogP contribution in [-0.4, -0.2) is 37.1 Å². The van der Waals surface area contributed by atoms with Crippen molar-refractivity contribution in [3.63, 3.8) is 0 Å². The van der Waals surface area contributed by atoms with E-state index < -0.39 is 5.97 Å². The molecule has 6 nitrogen and oxygen atoms in total. The van der Waals surface area contributed by atoms with E-state index in [-0.39, 0.29) is 6.61 Å². The molecule has 0 bridgehead atoms. The standard InChI is InChI=1S/C14H17BrClN3O3S/c1-3-17-14(23)19-18-7-9-5-10(15)13(11(16)6-9)22-8-12(20)21-4-2/h5-7H,3-4,8H2,1-2H3,(H2,17,19,23)/b18-7-. The number of benzene rings is 1. The Morgan fingerprint density at radius 2 is 2.22 bits per heavy atom. The van der Waals surface area contributed by atoms with Gasteiger partial charge < -0.3 is 14.8 Å². The van der Waals surface area contributed by atoms with Gasteiger partial charge in [0.1, 0.15) is 0 Å². The van der Waals surface area contributed by atoms with Gasteiger partial charge in [-0.05, 0) is 59.7 Å². The highest BCUT2D eigenvalue weighted by atomic mass is 79.9. The van der Waals surface area contributed by atoms with Crippen molar-refractivity contribution in [2.45, 2.75) is 13.8 Å². The Labute approximate surface area is 153 Å². The zero-order valence-electron chi connectivity index (χ0n) is 12.7. The Morgan fingerprint density at radius 1 is 1.48 bits per heavy atom. The molecule has 0 unspecified atom stereocenters. The van der Waals surface area contributed by atoms with Crippen LogP contribution in [-0.2, 0) is 9.53 Å². The number of esters is 1. The minimum atomic E-state index is -0.456. The van der Waals surface area contributed by atoms with Gasteiger partial charge in [0.2, 0.25) is 0 Å². The van der Waals surface area contributed by atoms with E-state index in [0.717, 1.165) is 5.56 Å². The highest BCUT2D eigenvalue weighted by Crippen LogP contribution is 2.34. The van der Waals surface area contributed by atoms with Crippen LogP contribution >= 0.6 is 39.7 Å². The predicted molar refractivity (Wildman–Crippen MR) is 98.3 cm³/mol. The van der Waals surface area contributed by atoms with Gasteiger partial charge in [0.25, 0.3) is 0 Å². The van der Waals surface area contributed by atoms with Crippen molar-refractivity contribution in [2.24, 2.45) is 5.10 Å². The van der Waals surface area contributed by atoms with Crippen LogP contribution in [0.1, 0.15) is 19.4 Å². The minimum absolute atomic E-state index is 0.210. The van der Waals surface area contributed by atoms with E-state index in [1.807, 2.05) is 6.92 Å². The van der Waals surface area contributed by atoms with Crippen molar-refractivity contribution in [2.75, 3.05) is 19.8 Å². The molecule has 0 atom stereocenters. The summed E-state index contributed by atoms with van der Waals surface area (Å²) in [6.45, 7) is 4.46. The zero-order valence-corrected chi connectivity index (χ0v) is 15.8. The van der Waals surface area contributed by atoms with Gasteiger partial charge in [-0.25, -0.2) is 4.79 Å². The van der Waals surface area contributed by atoms with Gasteiger partial charge in [0, 0.05) is 6.54 Å². The molecule has 0 spiro atoms. The average Bonchev–Trinajstić information content (AvgIpc) is 2.47. The number of carbonyl (C=O) groups is 1. The Balaban J connectivity index is 2.71. The topological polar surface area (TPSA) is 72.0 Å². The van der Waals surface area contributed by atoms with Crippen LogP contribution in [0.2, 0.25) is 5.02 Å². The molecule has 0 aliphatic carbocycles. The summed E-state index contributed by atoms with van der Waals surface area (Å²) in [6, 6.07) is 3.42. The van der Waals surface area contributed by atoms with Gasteiger partial charge in [-0.15, -0.1) is 0 Å². The van der Waals surface area contributed by atoms with E-state index in [1.54, 1.807) is 25.3 Å². The molecule has 0 heterocycles. The largest absolute Gasteiger partial charge is 0.479 e. The fourth-order valence-corrected chi connectivity index (χ4v) is 2.68. The molecule has 0 aromatic heterocycles.